The maximum absolute atomic E-state index is 11.9. The Morgan fingerprint density at radius 1 is 0.860 bits per heavy atom. The molecule has 0 bridgehead atoms. The fraction of sp³-hybridized carbons (Fsp3) is 0.778. The Balaban J connectivity index is 0. The minimum Gasteiger partial charge on any atom is -0.747 e. The zero-order valence-electron chi connectivity index (χ0n) is 26.6. The molecular weight excluding hydrogens is 593 g/mol. The molecule has 0 amide bonds. The van der Waals surface area contributed by atoms with Gasteiger partial charge in [-0.05, 0) is 19.8 Å². The van der Waals surface area contributed by atoms with Crippen LogP contribution in [0, 0.1) is 6.92 Å². The zero-order chi connectivity index (χ0) is 31.8. The van der Waals surface area contributed by atoms with E-state index in [1.54, 1.807) is 6.92 Å². The Morgan fingerprint density at radius 2 is 1.37 bits per heavy atom. The standard InChI is InChI=1S/C20H38O7S.C7H11N5O2.Na/c1-3-5-7-9-11-13-15-26-19(21)17-18(28(23,24)25)20(22)27-16-14-12-10-8-6-4-2;1-4-9-6(11-5(8)13-2)12-7(10-4)14-3;/h18H,3-17H2,1-2H3,(H,23,24,25);1-3H3,(H2,8,9,10,11,12);/q;;+1/p-1. The van der Waals surface area contributed by atoms with Gasteiger partial charge in [-0.25, -0.2) is 8.42 Å². The number of hydrogen-bond donors (Lipinski definition) is 1. The molecule has 14 nitrogen and oxygen atoms in total. The van der Waals surface area contributed by atoms with Gasteiger partial charge in [0, 0.05) is 0 Å². The smallest absolute Gasteiger partial charge is 0.747 e. The number of hydrogen-bond acceptors (Lipinski definition) is 13. The first kappa shape index (κ1) is 43.1. The number of carbonyl (C=O) groups excluding carboxylic acids is 2. The molecule has 0 aliphatic carbocycles. The largest absolute Gasteiger partial charge is 1.00 e. The van der Waals surface area contributed by atoms with Crippen LogP contribution in [0.2, 0.25) is 0 Å². The summed E-state index contributed by atoms with van der Waals surface area (Å²) in [7, 11) is -2.12. The molecule has 0 fully saturated rings. The van der Waals surface area contributed by atoms with Crippen molar-refractivity contribution in [3.63, 3.8) is 0 Å². The van der Waals surface area contributed by atoms with Gasteiger partial charge in [-0.15, -0.1) is 0 Å². The van der Waals surface area contributed by atoms with Crippen molar-refractivity contribution < 1.29 is 71.1 Å². The number of aliphatic imine (C=N–C) groups is 1. The van der Waals surface area contributed by atoms with Gasteiger partial charge in [-0.2, -0.15) is 19.9 Å². The molecule has 0 saturated carbocycles. The van der Waals surface area contributed by atoms with Gasteiger partial charge in [0.25, 0.3) is 12.0 Å². The van der Waals surface area contributed by atoms with Crippen LogP contribution in [0.4, 0.5) is 5.95 Å². The van der Waals surface area contributed by atoms with Gasteiger partial charge in [-0.1, -0.05) is 78.1 Å². The minimum atomic E-state index is -4.98. The summed E-state index contributed by atoms with van der Waals surface area (Å²) in [5.41, 5.74) is 5.33. The van der Waals surface area contributed by atoms with Crippen molar-refractivity contribution >= 4 is 34.0 Å². The van der Waals surface area contributed by atoms with E-state index in [9.17, 15) is 22.6 Å². The number of aryl methyl sites for hydroxylation is 1. The van der Waals surface area contributed by atoms with E-state index in [0.29, 0.717) is 18.7 Å². The van der Waals surface area contributed by atoms with Crippen LogP contribution in [0.5, 0.6) is 6.01 Å². The Labute approximate surface area is 278 Å². The SMILES string of the molecule is CCCCCCCCOC(=O)CC(C(=O)OCCCCCCCC)S(=O)(=O)[O-].COC(N)=Nc1nc(C)nc(OC)n1.[Na+]. The topological polar surface area (TPSA) is 205 Å². The van der Waals surface area contributed by atoms with Crippen LogP contribution >= 0.6 is 0 Å². The molecule has 0 aromatic carbocycles. The molecule has 0 aliphatic rings. The number of nitrogens with zero attached hydrogens (tertiary/aromatic N) is 4. The summed E-state index contributed by atoms with van der Waals surface area (Å²) in [4.78, 5) is 39.1. The number of carbonyl (C=O) groups is 2. The fourth-order valence-corrected chi connectivity index (χ4v) is 4.10. The van der Waals surface area contributed by atoms with Gasteiger partial charge < -0.3 is 29.2 Å². The van der Waals surface area contributed by atoms with Crippen LogP contribution in [0.25, 0.3) is 0 Å². The third-order valence-corrected chi connectivity index (χ3v) is 6.84. The van der Waals surface area contributed by atoms with E-state index in [2.05, 4.69) is 38.5 Å². The van der Waals surface area contributed by atoms with Crippen LogP contribution in [-0.4, -0.2) is 78.6 Å². The van der Waals surface area contributed by atoms with Crippen molar-refractivity contribution in [3.05, 3.63) is 5.82 Å². The molecule has 0 saturated heterocycles. The monoisotopic (exact) mass is 641 g/mol. The van der Waals surface area contributed by atoms with Crippen LogP contribution in [-0.2, 0) is 33.9 Å². The quantitative estimate of drug-likeness (QED) is 0.0525. The number of methoxy groups -OCH3 is 2. The third kappa shape index (κ3) is 23.0. The number of amidine groups is 1. The summed E-state index contributed by atoms with van der Waals surface area (Å²) in [6, 6.07) is 0.179. The summed E-state index contributed by atoms with van der Waals surface area (Å²) >= 11 is 0. The first-order valence-electron chi connectivity index (χ1n) is 14.4. The molecule has 0 radical (unpaired) electrons. The van der Waals surface area contributed by atoms with Crippen molar-refractivity contribution in [2.75, 3.05) is 27.4 Å². The second-order valence-electron chi connectivity index (χ2n) is 9.43. The average molecular weight is 642 g/mol. The summed E-state index contributed by atoms with van der Waals surface area (Å²) in [5, 5.41) is -2.04. The van der Waals surface area contributed by atoms with E-state index < -0.39 is 33.7 Å². The van der Waals surface area contributed by atoms with Crippen LogP contribution in [0.15, 0.2) is 4.99 Å². The van der Waals surface area contributed by atoms with Gasteiger partial charge in [0.1, 0.15) is 15.9 Å². The Bertz CT molecular complexity index is 1050. The maximum Gasteiger partial charge on any atom is 1.00 e. The number of esters is 2. The molecule has 1 aromatic rings. The Hall–Kier alpha value is -2.07. The molecule has 1 atom stereocenters. The van der Waals surface area contributed by atoms with Crippen molar-refractivity contribution in [2.45, 2.75) is 109 Å². The van der Waals surface area contributed by atoms with Gasteiger partial charge in [0.2, 0.25) is 0 Å². The third-order valence-electron chi connectivity index (χ3n) is 5.78. The Morgan fingerprint density at radius 3 is 1.86 bits per heavy atom. The van der Waals surface area contributed by atoms with Crippen LogP contribution in [0.3, 0.4) is 0 Å². The van der Waals surface area contributed by atoms with Crippen molar-refractivity contribution in [1.82, 2.24) is 15.0 Å². The normalized spacial score (nSPS) is 11.8. The molecule has 16 heteroatoms. The summed E-state index contributed by atoms with van der Waals surface area (Å²) in [6.07, 6.45) is 11.2. The van der Waals surface area contributed by atoms with Crippen molar-refractivity contribution in [3.8, 4) is 6.01 Å². The molecule has 1 unspecified atom stereocenters. The predicted octanol–water partition coefficient (Wildman–Crippen LogP) is 0.883. The van der Waals surface area contributed by atoms with Gasteiger partial charge in [0.15, 0.2) is 5.25 Å². The van der Waals surface area contributed by atoms with Gasteiger partial charge >= 0.3 is 47.5 Å². The molecule has 1 rings (SSSR count). The molecular formula is C27H48N5NaO9S. The molecule has 0 spiro atoms. The minimum absolute atomic E-state index is 0. The van der Waals surface area contributed by atoms with E-state index in [4.69, 9.17) is 19.9 Å². The number of ether oxygens (including phenoxy) is 4. The fourth-order valence-electron chi connectivity index (χ4n) is 3.46. The average Bonchev–Trinajstić information content (AvgIpc) is 2.94. The number of aromatic nitrogens is 3. The summed E-state index contributed by atoms with van der Waals surface area (Å²) in [6.45, 7) is 6.14. The Kier molecular flexibility index (Phi) is 26.4. The second-order valence-corrected chi connectivity index (χ2v) is 11.0. The van der Waals surface area contributed by atoms with E-state index in [1.165, 1.54) is 20.6 Å². The predicted molar refractivity (Wildman–Crippen MR) is 156 cm³/mol. The molecule has 0 aliphatic heterocycles. The molecule has 43 heavy (non-hydrogen) atoms. The molecule has 1 heterocycles. The number of nitrogens with two attached hydrogens (primary N) is 1. The van der Waals surface area contributed by atoms with E-state index in [0.717, 1.165) is 57.8 Å². The van der Waals surface area contributed by atoms with Crippen molar-refractivity contribution in [1.29, 1.82) is 0 Å². The molecule has 1 aromatic heterocycles. The molecule has 2 N–H and O–H groups in total. The summed E-state index contributed by atoms with van der Waals surface area (Å²) in [5.74, 6) is -1.37. The van der Waals surface area contributed by atoms with E-state index in [-0.39, 0.29) is 60.8 Å². The first-order chi connectivity index (χ1) is 20.0. The van der Waals surface area contributed by atoms with Crippen molar-refractivity contribution in [2.24, 2.45) is 10.7 Å². The summed E-state index contributed by atoms with van der Waals surface area (Å²) < 4.78 is 53.3. The number of unbranched alkanes of at least 4 members (excludes halogenated alkanes) is 10. The zero-order valence-corrected chi connectivity index (χ0v) is 29.4. The number of rotatable bonds is 20. The van der Waals surface area contributed by atoms with Crippen LogP contribution < -0.4 is 40.0 Å². The van der Waals surface area contributed by atoms with E-state index >= 15 is 0 Å². The maximum atomic E-state index is 11.9. The van der Waals surface area contributed by atoms with E-state index in [1.807, 2.05) is 0 Å². The second kappa shape index (κ2) is 26.3. The molecule has 242 valence electrons. The van der Waals surface area contributed by atoms with Gasteiger partial charge in [-0.3, -0.25) is 9.59 Å². The first-order valence-corrected chi connectivity index (χ1v) is 15.9. The van der Waals surface area contributed by atoms with Gasteiger partial charge in [0.05, 0.1) is 33.9 Å². The van der Waals surface area contributed by atoms with Crippen LogP contribution in [0.1, 0.15) is 103 Å².